The summed E-state index contributed by atoms with van der Waals surface area (Å²) < 4.78 is 13.9. The molecule has 4 heteroatoms. The van der Waals surface area contributed by atoms with E-state index in [-0.39, 0.29) is 23.8 Å². The van der Waals surface area contributed by atoms with Gasteiger partial charge in [0.05, 0.1) is 18.6 Å². The Bertz CT molecular complexity index is 463. The number of hydrogen-bond donors (Lipinski definition) is 1. The Balaban J connectivity index is 1.92. The molecule has 0 radical (unpaired) electrons. The van der Waals surface area contributed by atoms with Gasteiger partial charge in [0.25, 0.3) is 0 Å². The minimum Gasteiger partial charge on any atom is -0.337 e. The normalized spacial score (nSPS) is 28.1. The summed E-state index contributed by atoms with van der Waals surface area (Å²) in [6, 6.07) is 6.90. The zero-order chi connectivity index (χ0) is 12.5. The first kappa shape index (κ1) is 11.7. The number of carbonyl (C=O) groups excluding carboxylic acids is 1. The van der Waals surface area contributed by atoms with E-state index >= 15 is 0 Å². The van der Waals surface area contributed by atoms with E-state index in [2.05, 4.69) is 5.32 Å². The Labute approximate surface area is 106 Å². The molecule has 96 valence electrons. The molecule has 3 nitrogen and oxygen atoms in total. The standard InChI is InChI=1S/C14H17FN2O/c15-11-6-2-1-5-10(11)14-12-7-3-4-8-17(12)13(18)9-16-14/h1-2,5-6,12,14,16H,3-4,7-9H2. The molecule has 2 heterocycles. The minimum atomic E-state index is -0.185. The van der Waals surface area contributed by atoms with Gasteiger partial charge in [0.1, 0.15) is 5.82 Å². The number of amides is 1. The number of halogens is 1. The second kappa shape index (κ2) is 4.69. The van der Waals surface area contributed by atoms with Crippen molar-refractivity contribution >= 4 is 5.91 Å². The molecule has 0 bridgehead atoms. The molecule has 0 spiro atoms. The molecule has 2 aliphatic heterocycles. The zero-order valence-corrected chi connectivity index (χ0v) is 10.2. The summed E-state index contributed by atoms with van der Waals surface area (Å²) in [6.45, 7) is 1.13. The van der Waals surface area contributed by atoms with E-state index < -0.39 is 0 Å². The number of carbonyl (C=O) groups is 1. The molecule has 2 aliphatic rings. The third-order valence-electron chi connectivity index (χ3n) is 3.97. The topological polar surface area (TPSA) is 32.3 Å². The Morgan fingerprint density at radius 1 is 1.28 bits per heavy atom. The molecule has 1 aromatic carbocycles. The van der Waals surface area contributed by atoms with Crippen molar-refractivity contribution in [2.24, 2.45) is 0 Å². The van der Waals surface area contributed by atoms with Crippen LogP contribution in [0.2, 0.25) is 0 Å². The minimum absolute atomic E-state index is 0.0656. The molecule has 2 fully saturated rings. The summed E-state index contributed by atoms with van der Waals surface area (Å²) in [5.74, 6) is -0.0397. The fourth-order valence-corrected chi connectivity index (χ4v) is 3.09. The van der Waals surface area contributed by atoms with Crippen LogP contribution in [-0.4, -0.2) is 29.9 Å². The first-order valence-electron chi connectivity index (χ1n) is 6.54. The van der Waals surface area contributed by atoms with Crippen molar-refractivity contribution in [1.82, 2.24) is 10.2 Å². The van der Waals surface area contributed by atoms with Gasteiger partial charge in [0.15, 0.2) is 0 Å². The van der Waals surface area contributed by atoms with Gasteiger partial charge in [0, 0.05) is 12.1 Å². The number of piperidine rings is 1. The van der Waals surface area contributed by atoms with E-state index in [0.29, 0.717) is 12.1 Å². The van der Waals surface area contributed by atoms with Crippen molar-refractivity contribution in [3.63, 3.8) is 0 Å². The Kier molecular flexibility index (Phi) is 3.04. The number of rotatable bonds is 1. The second-order valence-corrected chi connectivity index (χ2v) is 5.03. The van der Waals surface area contributed by atoms with E-state index in [4.69, 9.17) is 0 Å². The van der Waals surface area contributed by atoms with Crippen LogP contribution in [0.5, 0.6) is 0 Å². The fourth-order valence-electron chi connectivity index (χ4n) is 3.09. The lowest BCUT2D eigenvalue weighted by Gasteiger charge is -2.44. The van der Waals surface area contributed by atoms with Crippen LogP contribution in [0.15, 0.2) is 24.3 Å². The lowest BCUT2D eigenvalue weighted by Crippen LogP contribution is -2.58. The van der Waals surface area contributed by atoms with Gasteiger partial charge in [-0.1, -0.05) is 18.2 Å². The number of benzene rings is 1. The van der Waals surface area contributed by atoms with Gasteiger partial charge in [-0.05, 0) is 25.3 Å². The molecule has 1 aromatic rings. The maximum absolute atomic E-state index is 13.9. The van der Waals surface area contributed by atoms with Crippen LogP contribution in [-0.2, 0) is 4.79 Å². The second-order valence-electron chi connectivity index (χ2n) is 5.03. The Morgan fingerprint density at radius 3 is 2.94 bits per heavy atom. The lowest BCUT2D eigenvalue weighted by molar-refractivity contribution is -0.138. The largest absolute Gasteiger partial charge is 0.337 e. The van der Waals surface area contributed by atoms with E-state index in [0.717, 1.165) is 25.8 Å². The van der Waals surface area contributed by atoms with Crippen LogP contribution in [0.4, 0.5) is 4.39 Å². The highest BCUT2D eigenvalue weighted by Crippen LogP contribution is 2.32. The van der Waals surface area contributed by atoms with Gasteiger partial charge in [-0.3, -0.25) is 10.1 Å². The summed E-state index contributed by atoms with van der Waals surface area (Å²) in [5.41, 5.74) is 0.682. The van der Waals surface area contributed by atoms with Crippen molar-refractivity contribution in [3.05, 3.63) is 35.6 Å². The smallest absolute Gasteiger partial charge is 0.236 e. The van der Waals surface area contributed by atoms with Crippen LogP contribution < -0.4 is 5.32 Å². The van der Waals surface area contributed by atoms with E-state index in [1.807, 2.05) is 17.0 Å². The van der Waals surface area contributed by atoms with Crippen molar-refractivity contribution in [2.75, 3.05) is 13.1 Å². The van der Waals surface area contributed by atoms with E-state index in [1.165, 1.54) is 6.07 Å². The molecular formula is C14H17FN2O. The van der Waals surface area contributed by atoms with Crippen molar-refractivity contribution < 1.29 is 9.18 Å². The third-order valence-corrected chi connectivity index (χ3v) is 3.97. The Hall–Kier alpha value is -1.42. The van der Waals surface area contributed by atoms with Gasteiger partial charge < -0.3 is 4.90 Å². The summed E-state index contributed by atoms with van der Waals surface area (Å²) in [5, 5.41) is 3.19. The number of nitrogens with one attached hydrogen (secondary N) is 1. The van der Waals surface area contributed by atoms with Crippen LogP contribution in [0, 0.1) is 5.82 Å². The molecule has 1 N–H and O–H groups in total. The molecule has 0 aromatic heterocycles. The van der Waals surface area contributed by atoms with E-state index in [1.54, 1.807) is 6.07 Å². The summed E-state index contributed by atoms with van der Waals surface area (Å²) in [7, 11) is 0. The molecule has 1 amide bonds. The predicted molar refractivity (Wildman–Crippen MR) is 66.5 cm³/mol. The predicted octanol–water partition coefficient (Wildman–Crippen LogP) is 1.85. The molecule has 0 aliphatic carbocycles. The maximum Gasteiger partial charge on any atom is 0.236 e. The van der Waals surface area contributed by atoms with Gasteiger partial charge in [-0.2, -0.15) is 0 Å². The number of nitrogens with zero attached hydrogens (tertiary/aromatic N) is 1. The highest BCUT2D eigenvalue weighted by Gasteiger charge is 2.38. The fraction of sp³-hybridized carbons (Fsp3) is 0.500. The van der Waals surface area contributed by atoms with Crippen molar-refractivity contribution in [1.29, 1.82) is 0 Å². The van der Waals surface area contributed by atoms with Crippen LogP contribution in [0.3, 0.4) is 0 Å². The summed E-state index contributed by atoms with van der Waals surface area (Å²) >= 11 is 0. The molecule has 0 saturated carbocycles. The van der Waals surface area contributed by atoms with Crippen LogP contribution in [0.25, 0.3) is 0 Å². The first-order valence-corrected chi connectivity index (χ1v) is 6.54. The monoisotopic (exact) mass is 248 g/mol. The molecular weight excluding hydrogens is 231 g/mol. The summed E-state index contributed by atoms with van der Waals surface area (Å²) in [4.78, 5) is 13.8. The molecule has 3 rings (SSSR count). The van der Waals surface area contributed by atoms with Gasteiger partial charge in [-0.15, -0.1) is 0 Å². The highest BCUT2D eigenvalue weighted by molar-refractivity contribution is 5.79. The molecule has 2 saturated heterocycles. The quantitative estimate of drug-likeness (QED) is 0.822. The number of hydrogen-bond acceptors (Lipinski definition) is 2. The SMILES string of the molecule is O=C1CNC(c2ccccc2F)C2CCCCN12. The maximum atomic E-state index is 13.9. The number of fused-ring (bicyclic) bond motifs is 1. The number of piperazine rings is 1. The van der Waals surface area contributed by atoms with Gasteiger partial charge in [-0.25, -0.2) is 4.39 Å². The van der Waals surface area contributed by atoms with Crippen molar-refractivity contribution in [3.8, 4) is 0 Å². The Morgan fingerprint density at radius 2 is 2.11 bits per heavy atom. The summed E-state index contributed by atoms with van der Waals surface area (Å²) in [6.07, 6.45) is 3.13. The highest BCUT2D eigenvalue weighted by atomic mass is 19.1. The van der Waals surface area contributed by atoms with Crippen molar-refractivity contribution in [2.45, 2.75) is 31.3 Å². The van der Waals surface area contributed by atoms with Gasteiger partial charge in [0.2, 0.25) is 5.91 Å². The van der Waals surface area contributed by atoms with Crippen LogP contribution >= 0.6 is 0 Å². The lowest BCUT2D eigenvalue weighted by atomic mass is 9.88. The van der Waals surface area contributed by atoms with Gasteiger partial charge >= 0.3 is 0 Å². The average Bonchev–Trinajstić information content (AvgIpc) is 2.41. The van der Waals surface area contributed by atoms with E-state index in [9.17, 15) is 9.18 Å². The first-order chi connectivity index (χ1) is 8.77. The molecule has 2 unspecified atom stereocenters. The van der Waals surface area contributed by atoms with Crippen LogP contribution in [0.1, 0.15) is 30.9 Å². The molecule has 18 heavy (non-hydrogen) atoms. The average molecular weight is 248 g/mol. The third kappa shape index (κ3) is 1.90. The zero-order valence-electron chi connectivity index (χ0n) is 10.2. The molecule has 2 atom stereocenters.